The number of rotatable bonds is 10. The Balaban J connectivity index is 1.50. The summed E-state index contributed by atoms with van der Waals surface area (Å²) in [4.78, 5) is 26.8. The van der Waals surface area contributed by atoms with E-state index in [0.29, 0.717) is 43.6 Å². The Labute approximate surface area is 190 Å². The molecule has 32 heavy (non-hydrogen) atoms. The molecule has 1 amide bonds. The highest BCUT2D eigenvalue weighted by Crippen LogP contribution is 2.65. The molecule has 1 aliphatic heterocycles. The molecule has 2 bridgehead atoms. The number of aliphatic imine (C=N–C) groups is 1. The fourth-order valence-corrected chi connectivity index (χ4v) is 5.82. The van der Waals surface area contributed by atoms with E-state index in [4.69, 9.17) is 15.0 Å². The molecule has 4 fully saturated rings. The van der Waals surface area contributed by atoms with Gasteiger partial charge in [-0.25, -0.2) is 15.1 Å². The van der Waals surface area contributed by atoms with Crippen molar-refractivity contribution in [3.8, 4) is 0 Å². The summed E-state index contributed by atoms with van der Waals surface area (Å²) in [7, 11) is -0.427. The largest absolute Gasteiger partial charge is 0.481 e. The summed E-state index contributed by atoms with van der Waals surface area (Å²) in [6.45, 7) is 11.4. The number of hydrogen-bond acceptors (Lipinski definition) is 6. The minimum absolute atomic E-state index is 0.0483. The van der Waals surface area contributed by atoms with Gasteiger partial charge in [-0.2, -0.15) is 0 Å². The van der Waals surface area contributed by atoms with Crippen LogP contribution in [0.4, 0.5) is 0 Å². The molecule has 11 heteroatoms. The van der Waals surface area contributed by atoms with Crippen molar-refractivity contribution < 1.29 is 19.1 Å². The van der Waals surface area contributed by atoms with Crippen LogP contribution in [0, 0.1) is 33.3 Å². The monoisotopic (exact) mass is 451 g/mol. The third kappa shape index (κ3) is 5.19. The highest BCUT2D eigenvalue weighted by Gasteiger charge is 2.68. The minimum Gasteiger partial charge on any atom is -0.404 e. The maximum Gasteiger partial charge on any atom is 0.481 e. The van der Waals surface area contributed by atoms with Gasteiger partial charge in [0.05, 0.1) is 17.6 Å². The van der Waals surface area contributed by atoms with Crippen LogP contribution in [-0.2, 0) is 14.1 Å². The second-order valence-corrected chi connectivity index (χ2v) is 10.7. The first-order valence-electron chi connectivity index (χ1n) is 11.8. The lowest BCUT2D eigenvalue weighted by Crippen LogP contribution is -2.65. The van der Waals surface area contributed by atoms with Gasteiger partial charge in [-0.1, -0.05) is 33.1 Å². The van der Waals surface area contributed by atoms with Crippen molar-refractivity contribution in [2.45, 2.75) is 90.8 Å². The second kappa shape index (κ2) is 9.55. The molecule has 0 aromatic heterocycles. The topological polar surface area (TPSA) is 141 Å². The lowest BCUT2D eigenvalue weighted by molar-refractivity contribution is -0.525. The molecule has 4 rings (SSSR count). The summed E-state index contributed by atoms with van der Waals surface area (Å²) in [5.41, 5.74) is 7.16. The number of hydrazine groups is 1. The van der Waals surface area contributed by atoms with Gasteiger partial charge in [0, 0.05) is 13.0 Å². The van der Waals surface area contributed by atoms with Gasteiger partial charge in [-0.15, -0.1) is 0 Å². The molecule has 1 saturated heterocycles. The van der Waals surface area contributed by atoms with Gasteiger partial charge in [0.25, 0.3) is 5.96 Å². The molecule has 1 heterocycles. The number of nitrogens with two attached hydrogens (primary N) is 1. The Morgan fingerprint density at radius 3 is 2.66 bits per heavy atom. The van der Waals surface area contributed by atoms with Gasteiger partial charge in [0.2, 0.25) is 5.91 Å². The Morgan fingerprint density at radius 1 is 1.31 bits per heavy atom. The maximum absolute atomic E-state index is 12.6. The normalized spacial score (nSPS) is 31.6. The third-order valence-corrected chi connectivity index (χ3v) is 7.67. The highest BCUT2D eigenvalue weighted by atomic mass is 16.7. The van der Waals surface area contributed by atoms with Crippen LogP contribution in [0.25, 0.3) is 0 Å². The number of carbonyl (C=O) groups excluding carboxylic acids is 1. The number of nitrogens with zero attached hydrogens (tertiary/aromatic N) is 2. The van der Waals surface area contributed by atoms with Crippen molar-refractivity contribution in [3.05, 3.63) is 10.1 Å². The van der Waals surface area contributed by atoms with E-state index >= 15 is 0 Å². The number of nitrogens with one attached hydrogen (secondary N) is 2. The molecule has 0 aromatic rings. The van der Waals surface area contributed by atoms with Gasteiger partial charge < -0.3 is 20.4 Å². The van der Waals surface area contributed by atoms with Gasteiger partial charge in [0.1, 0.15) is 0 Å². The van der Waals surface area contributed by atoms with E-state index in [0.717, 1.165) is 12.8 Å². The molecule has 3 aliphatic carbocycles. The minimum atomic E-state index is -0.755. The molecule has 0 aromatic carbocycles. The predicted octanol–water partition coefficient (Wildman–Crippen LogP) is 2.05. The van der Waals surface area contributed by atoms with Crippen molar-refractivity contribution in [1.82, 2.24) is 10.7 Å². The molecule has 3 saturated carbocycles. The lowest BCUT2D eigenvalue weighted by Gasteiger charge is -2.64. The van der Waals surface area contributed by atoms with E-state index in [9.17, 15) is 14.9 Å². The maximum atomic E-state index is 12.6. The van der Waals surface area contributed by atoms with Crippen LogP contribution in [0.15, 0.2) is 4.99 Å². The summed E-state index contributed by atoms with van der Waals surface area (Å²) in [5, 5.41) is 12.7. The molecule has 4 N–H and O–H groups in total. The summed E-state index contributed by atoms with van der Waals surface area (Å²) in [6.07, 6.45) is 4.65. The number of nitro groups is 1. The van der Waals surface area contributed by atoms with Crippen LogP contribution < -0.4 is 16.5 Å². The Hall–Kier alpha value is -1.88. The molecule has 180 valence electrons. The number of carbonyl (C=O) groups is 1. The van der Waals surface area contributed by atoms with Crippen molar-refractivity contribution >= 4 is 19.0 Å². The SMILES string of the molecule is CC(C)C[C@H](NC(=O)CCCCN=C(N)N[N+](=O)[O-])B1OC2CC3C[C@@H](C3(C)C)[C@]2(C)O1. The van der Waals surface area contributed by atoms with Gasteiger partial charge in [-0.05, 0) is 62.2 Å². The Morgan fingerprint density at radius 2 is 2.03 bits per heavy atom. The van der Waals surface area contributed by atoms with Crippen molar-refractivity contribution in [3.63, 3.8) is 0 Å². The van der Waals surface area contributed by atoms with Crippen molar-refractivity contribution in [1.29, 1.82) is 0 Å². The summed E-state index contributed by atoms with van der Waals surface area (Å²) >= 11 is 0. The Bertz CT molecular complexity index is 748. The smallest absolute Gasteiger partial charge is 0.404 e. The van der Waals surface area contributed by atoms with E-state index in [2.05, 4.69) is 44.9 Å². The van der Waals surface area contributed by atoms with E-state index < -0.39 is 12.2 Å². The fourth-order valence-electron chi connectivity index (χ4n) is 5.82. The van der Waals surface area contributed by atoms with Crippen LogP contribution in [0.2, 0.25) is 0 Å². The van der Waals surface area contributed by atoms with Crippen LogP contribution >= 0.6 is 0 Å². The molecular formula is C21H38BN5O5. The van der Waals surface area contributed by atoms with E-state index in [-0.39, 0.29) is 34.9 Å². The molecule has 0 spiro atoms. The zero-order valence-electron chi connectivity index (χ0n) is 19.9. The summed E-state index contributed by atoms with van der Waals surface area (Å²) in [6, 6.07) is 0. The summed E-state index contributed by atoms with van der Waals surface area (Å²) < 4.78 is 13.0. The first-order valence-corrected chi connectivity index (χ1v) is 11.8. The standard InChI is InChI=1S/C21H38BN5O5/c1-13(2)10-17(25-18(28)8-6-7-9-24-19(23)26-27(29)30)22-31-16-12-14-11-15(20(14,3)4)21(16,5)32-22/h13-17H,6-12H2,1-5H3,(H,25,28)(H3,23,24,26)/t14?,15-,16?,17-,21-/m0/s1. The molecular weight excluding hydrogens is 413 g/mol. The third-order valence-electron chi connectivity index (χ3n) is 7.67. The second-order valence-electron chi connectivity index (χ2n) is 10.7. The van der Waals surface area contributed by atoms with E-state index in [1.807, 2.05) is 0 Å². The van der Waals surface area contributed by atoms with Crippen molar-refractivity contribution in [2.24, 2.45) is 33.9 Å². The fraction of sp³-hybridized carbons (Fsp3) is 0.905. The average molecular weight is 451 g/mol. The van der Waals surface area contributed by atoms with Crippen LogP contribution in [0.3, 0.4) is 0 Å². The first kappa shape index (κ1) is 24.8. The quantitative estimate of drug-likeness (QED) is 0.115. The van der Waals surface area contributed by atoms with Gasteiger partial charge in [0.15, 0.2) is 5.03 Å². The first-order chi connectivity index (χ1) is 14.9. The molecule has 5 atom stereocenters. The lowest BCUT2D eigenvalue weighted by atomic mass is 9.43. The van der Waals surface area contributed by atoms with Crippen LogP contribution in [-0.4, -0.2) is 48.2 Å². The predicted molar refractivity (Wildman–Crippen MR) is 122 cm³/mol. The number of amides is 1. The van der Waals surface area contributed by atoms with Crippen molar-refractivity contribution in [2.75, 3.05) is 6.54 Å². The number of unbranched alkanes of at least 4 members (excludes halogenated alkanes) is 1. The molecule has 4 aliphatic rings. The van der Waals surface area contributed by atoms with Crippen LogP contribution in [0.1, 0.15) is 73.1 Å². The van der Waals surface area contributed by atoms with E-state index in [1.165, 1.54) is 6.42 Å². The van der Waals surface area contributed by atoms with Crippen LogP contribution in [0.5, 0.6) is 0 Å². The highest BCUT2D eigenvalue weighted by molar-refractivity contribution is 6.47. The van der Waals surface area contributed by atoms with Gasteiger partial charge >= 0.3 is 7.12 Å². The number of guanidine groups is 1. The molecule has 0 radical (unpaired) electrons. The Kier molecular flexibility index (Phi) is 7.39. The summed E-state index contributed by atoms with van der Waals surface area (Å²) in [5.74, 6) is 1.08. The number of hydrogen-bond donors (Lipinski definition) is 3. The zero-order valence-corrected chi connectivity index (χ0v) is 19.9. The molecule has 2 unspecified atom stereocenters. The van der Waals surface area contributed by atoms with Gasteiger partial charge in [-0.3, -0.25) is 4.79 Å². The molecule has 10 nitrogen and oxygen atoms in total. The average Bonchev–Trinajstić information content (AvgIpc) is 3.03. The van der Waals surface area contributed by atoms with E-state index in [1.54, 1.807) is 5.43 Å². The zero-order chi connectivity index (χ0) is 23.7.